The van der Waals surface area contributed by atoms with Gasteiger partial charge in [-0.15, -0.1) is 0 Å². The van der Waals surface area contributed by atoms with Crippen molar-refractivity contribution < 1.29 is 4.79 Å². The summed E-state index contributed by atoms with van der Waals surface area (Å²) in [5.74, 6) is 0. The summed E-state index contributed by atoms with van der Waals surface area (Å²) in [4.78, 5) is 10.3. The van der Waals surface area contributed by atoms with Crippen LogP contribution in [0.2, 0.25) is 0 Å². The van der Waals surface area contributed by atoms with Crippen molar-refractivity contribution in [3.63, 3.8) is 0 Å². The van der Waals surface area contributed by atoms with Crippen LogP contribution < -0.4 is 5.32 Å². The van der Waals surface area contributed by atoms with Crippen LogP contribution >= 0.6 is 0 Å². The Bertz CT molecular complexity index is 307. The summed E-state index contributed by atoms with van der Waals surface area (Å²) in [5, 5.41) is 2.74. The second kappa shape index (κ2) is 4.08. The lowest BCUT2D eigenvalue weighted by Crippen LogP contribution is -2.16. The van der Waals surface area contributed by atoms with Gasteiger partial charge in [-0.3, -0.25) is 4.79 Å². The Morgan fingerprint density at radius 2 is 2.08 bits per heavy atom. The van der Waals surface area contributed by atoms with Crippen LogP contribution in [-0.4, -0.2) is 6.41 Å². The molecule has 13 heavy (non-hydrogen) atoms. The molecule has 2 nitrogen and oxygen atoms in total. The highest BCUT2D eigenvalue weighted by Gasteiger charge is 2.05. The van der Waals surface area contributed by atoms with E-state index in [0.717, 1.165) is 6.41 Å². The van der Waals surface area contributed by atoms with Gasteiger partial charge in [-0.25, -0.2) is 0 Å². The minimum absolute atomic E-state index is 0.0955. The Morgan fingerprint density at radius 3 is 2.62 bits per heavy atom. The van der Waals surface area contributed by atoms with Gasteiger partial charge >= 0.3 is 0 Å². The SMILES string of the molecule is Cc1ccc([C@H](C)NC=O)c(C)c1. The molecule has 1 aromatic carbocycles. The first kappa shape index (κ1) is 9.78. The molecule has 0 aliphatic carbocycles. The van der Waals surface area contributed by atoms with Crippen molar-refractivity contribution in [1.82, 2.24) is 5.32 Å². The fraction of sp³-hybridized carbons (Fsp3) is 0.364. The van der Waals surface area contributed by atoms with Crippen LogP contribution in [0.25, 0.3) is 0 Å². The molecule has 1 rings (SSSR count). The van der Waals surface area contributed by atoms with Crippen molar-refractivity contribution in [2.75, 3.05) is 0 Å². The first-order valence-electron chi connectivity index (χ1n) is 4.42. The molecule has 70 valence electrons. The monoisotopic (exact) mass is 177 g/mol. The van der Waals surface area contributed by atoms with Gasteiger partial charge in [-0.1, -0.05) is 23.8 Å². The van der Waals surface area contributed by atoms with Gasteiger partial charge in [0.05, 0.1) is 6.04 Å². The fourth-order valence-corrected chi connectivity index (χ4v) is 1.50. The van der Waals surface area contributed by atoms with Gasteiger partial charge in [0.15, 0.2) is 0 Å². The minimum atomic E-state index is 0.0955. The second-order valence-corrected chi connectivity index (χ2v) is 3.37. The first-order chi connectivity index (χ1) is 6.15. The maximum Gasteiger partial charge on any atom is 0.207 e. The Balaban J connectivity index is 2.94. The molecule has 0 aliphatic heterocycles. The lowest BCUT2D eigenvalue weighted by Gasteiger charge is -2.13. The molecule has 0 radical (unpaired) electrons. The van der Waals surface area contributed by atoms with Crippen molar-refractivity contribution >= 4 is 6.41 Å². The number of rotatable bonds is 3. The molecular formula is C11H15NO. The highest BCUT2D eigenvalue weighted by molar-refractivity contribution is 5.48. The highest BCUT2D eigenvalue weighted by Crippen LogP contribution is 2.17. The zero-order valence-electron chi connectivity index (χ0n) is 8.29. The third-order valence-corrected chi connectivity index (χ3v) is 2.21. The molecule has 0 heterocycles. The van der Waals surface area contributed by atoms with Crippen molar-refractivity contribution in [3.05, 3.63) is 34.9 Å². The number of nitrogens with one attached hydrogen (secondary N) is 1. The van der Waals surface area contributed by atoms with Gasteiger partial charge in [0, 0.05) is 0 Å². The van der Waals surface area contributed by atoms with Crippen molar-refractivity contribution in [2.45, 2.75) is 26.8 Å². The van der Waals surface area contributed by atoms with Crippen molar-refractivity contribution in [3.8, 4) is 0 Å². The van der Waals surface area contributed by atoms with E-state index < -0.39 is 0 Å². The van der Waals surface area contributed by atoms with E-state index in [-0.39, 0.29) is 6.04 Å². The van der Waals surface area contributed by atoms with E-state index in [1.807, 2.05) is 6.92 Å². The second-order valence-electron chi connectivity index (χ2n) is 3.37. The molecule has 0 aliphatic rings. The molecule has 0 saturated heterocycles. The normalized spacial score (nSPS) is 12.2. The summed E-state index contributed by atoms with van der Waals surface area (Å²) in [6.07, 6.45) is 0.740. The quantitative estimate of drug-likeness (QED) is 0.704. The number of carbonyl (C=O) groups is 1. The summed E-state index contributed by atoms with van der Waals surface area (Å²) in [6.45, 7) is 6.10. The number of aryl methyl sites for hydroxylation is 2. The maximum absolute atomic E-state index is 10.3. The minimum Gasteiger partial charge on any atom is -0.352 e. The number of amides is 1. The molecule has 1 atom stereocenters. The first-order valence-corrected chi connectivity index (χ1v) is 4.42. The summed E-state index contributed by atoms with van der Waals surface area (Å²) in [5.41, 5.74) is 3.65. The Labute approximate surface area is 79.0 Å². The summed E-state index contributed by atoms with van der Waals surface area (Å²) < 4.78 is 0. The van der Waals surface area contributed by atoms with E-state index in [2.05, 4.69) is 37.4 Å². The average molecular weight is 177 g/mol. The summed E-state index contributed by atoms with van der Waals surface area (Å²) >= 11 is 0. The predicted molar refractivity (Wildman–Crippen MR) is 53.5 cm³/mol. The van der Waals surface area contributed by atoms with Gasteiger partial charge in [0.1, 0.15) is 0 Å². The Morgan fingerprint density at radius 1 is 1.38 bits per heavy atom. The topological polar surface area (TPSA) is 29.1 Å². The lowest BCUT2D eigenvalue weighted by molar-refractivity contribution is -0.110. The van der Waals surface area contributed by atoms with Crippen molar-refractivity contribution in [2.24, 2.45) is 0 Å². The number of carbonyl (C=O) groups excluding carboxylic acids is 1. The van der Waals surface area contributed by atoms with E-state index in [0.29, 0.717) is 0 Å². The number of benzene rings is 1. The van der Waals surface area contributed by atoms with Gasteiger partial charge in [0.25, 0.3) is 0 Å². The number of hydrogen-bond acceptors (Lipinski definition) is 1. The summed E-state index contributed by atoms with van der Waals surface area (Å²) in [6, 6.07) is 6.34. The Hall–Kier alpha value is -1.31. The molecule has 1 N–H and O–H groups in total. The molecule has 0 spiro atoms. The van der Waals surface area contributed by atoms with Crippen LogP contribution in [0.3, 0.4) is 0 Å². The average Bonchev–Trinajstić information content (AvgIpc) is 2.04. The van der Waals surface area contributed by atoms with Gasteiger partial charge in [0.2, 0.25) is 6.41 Å². The summed E-state index contributed by atoms with van der Waals surface area (Å²) in [7, 11) is 0. The zero-order chi connectivity index (χ0) is 9.84. The lowest BCUT2D eigenvalue weighted by atomic mass is 10.0. The van der Waals surface area contributed by atoms with E-state index in [1.54, 1.807) is 0 Å². The third-order valence-electron chi connectivity index (χ3n) is 2.21. The van der Waals surface area contributed by atoms with E-state index >= 15 is 0 Å². The van der Waals surface area contributed by atoms with Crippen LogP contribution in [0.4, 0.5) is 0 Å². The predicted octanol–water partition coefficient (Wildman–Crippen LogP) is 2.11. The van der Waals surface area contributed by atoms with Crippen LogP contribution in [0.15, 0.2) is 18.2 Å². The molecular weight excluding hydrogens is 162 g/mol. The molecule has 0 fully saturated rings. The Kier molecular flexibility index (Phi) is 3.07. The molecule has 0 saturated carbocycles. The largest absolute Gasteiger partial charge is 0.352 e. The van der Waals surface area contributed by atoms with E-state index in [9.17, 15) is 4.79 Å². The number of hydrogen-bond donors (Lipinski definition) is 1. The molecule has 1 amide bonds. The maximum atomic E-state index is 10.3. The van der Waals surface area contributed by atoms with E-state index in [4.69, 9.17) is 0 Å². The van der Waals surface area contributed by atoms with Crippen LogP contribution in [-0.2, 0) is 4.79 Å². The molecule has 0 bridgehead atoms. The standard InChI is InChI=1S/C11H15NO/c1-8-4-5-11(9(2)6-8)10(3)12-7-13/h4-7,10H,1-3H3,(H,12,13)/t10-/m0/s1. The highest BCUT2D eigenvalue weighted by atomic mass is 16.1. The molecule has 0 aromatic heterocycles. The van der Waals surface area contributed by atoms with Crippen molar-refractivity contribution in [1.29, 1.82) is 0 Å². The molecule has 0 unspecified atom stereocenters. The van der Waals surface area contributed by atoms with Gasteiger partial charge < -0.3 is 5.32 Å². The van der Waals surface area contributed by atoms with Crippen LogP contribution in [0, 0.1) is 13.8 Å². The van der Waals surface area contributed by atoms with Crippen LogP contribution in [0.5, 0.6) is 0 Å². The van der Waals surface area contributed by atoms with Gasteiger partial charge in [-0.05, 0) is 31.9 Å². The zero-order valence-corrected chi connectivity index (χ0v) is 8.29. The third kappa shape index (κ3) is 2.31. The molecule has 1 aromatic rings. The molecule has 2 heteroatoms. The van der Waals surface area contributed by atoms with Crippen LogP contribution in [0.1, 0.15) is 29.7 Å². The van der Waals surface area contributed by atoms with E-state index in [1.165, 1.54) is 16.7 Å². The smallest absolute Gasteiger partial charge is 0.207 e. The fourth-order valence-electron chi connectivity index (χ4n) is 1.50. The van der Waals surface area contributed by atoms with Gasteiger partial charge in [-0.2, -0.15) is 0 Å².